The molecule has 0 radical (unpaired) electrons. The third-order valence-electron chi connectivity index (χ3n) is 10.1. The van der Waals surface area contributed by atoms with Gasteiger partial charge in [0.25, 0.3) is 0 Å². The molecule has 4 fully saturated rings. The number of nitrogens with two attached hydrogens (primary N) is 1. The number of carbonyl (C=O) groups is 1. The molecule has 0 spiro atoms. The van der Waals surface area contributed by atoms with Crippen molar-refractivity contribution < 1.29 is 14.6 Å². The minimum atomic E-state index is -0.650. The molecule has 4 N–H and O–H groups in total. The number of fused-ring (bicyclic) bond motifs is 5. The first-order valence-electron chi connectivity index (χ1n) is 11.9. The summed E-state index contributed by atoms with van der Waals surface area (Å²) in [4.78, 5) is 11.7. The monoisotopic (exact) mass is 445 g/mol. The maximum Gasteiger partial charge on any atom is 0.331 e. The largest absolute Gasteiger partial charge is 0.458 e. The van der Waals surface area contributed by atoms with E-state index in [0.29, 0.717) is 24.4 Å². The summed E-state index contributed by atoms with van der Waals surface area (Å²) in [6, 6.07) is 0. The van der Waals surface area contributed by atoms with E-state index in [2.05, 4.69) is 24.4 Å². The van der Waals surface area contributed by atoms with Gasteiger partial charge in [0.1, 0.15) is 6.61 Å². The zero-order valence-electron chi connectivity index (χ0n) is 18.7. The molecule has 6 nitrogen and oxygen atoms in total. The van der Waals surface area contributed by atoms with E-state index < -0.39 is 5.60 Å². The van der Waals surface area contributed by atoms with E-state index in [0.717, 1.165) is 63.4 Å². The molecule has 7 heteroatoms. The fourth-order valence-electron chi connectivity index (χ4n) is 8.45. The summed E-state index contributed by atoms with van der Waals surface area (Å²) in [7, 11) is 0. The van der Waals surface area contributed by atoms with Crippen molar-refractivity contribution in [1.82, 2.24) is 5.43 Å². The van der Waals surface area contributed by atoms with Gasteiger partial charge in [-0.2, -0.15) is 5.10 Å². The zero-order valence-corrected chi connectivity index (χ0v) is 19.5. The van der Waals surface area contributed by atoms with E-state index in [9.17, 15) is 9.90 Å². The summed E-state index contributed by atoms with van der Waals surface area (Å²) < 4.78 is 5.23. The Morgan fingerprint density at radius 3 is 2.74 bits per heavy atom. The molecule has 5 aliphatic rings. The van der Waals surface area contributed by atoms with Crippen molar-refractivity contribution in [3.05, 3.63) is 11.6 Å². The molecular weight excluding hydrogens is 410 g/mol. The number of hydrogen-bond acceptors (Lipinski definition) is 5. The summed E-state index contributed by atoms with van der Waals surface area (Å²) in [6.07, 6.45) is 11.0. The van der Waals surface area contributed by atoms with Gasteiger partial charge < -0.3 is 15.6 Å². The molecule has 4 aliphatic carbocycles. The number of hydrazone groups is 1. The van der Waals surface area contributed by atoms with Gasteiger partial charge in [-0.3, -0.25) is 5.43 Å². The molecule has 0 saturated heterocycles. The average molecular weight is 446 g/mol. The Hall–Kier alpha value is -1.47. The lowest BCUT2D eigenvalue weighted by Crippen LogP contribution is -2.62. The Morgan fingerprint density at radius 1 is 1.23 bits per heavy atom. The van der Waals surface area contributed by atoms with Crippen LogP contribution in [0.5, 0.6) is 0 Å². The first-order chi connectivity index (χ1) is 14.7. The van der Waals surface area contributed by atoms with E-state index in [1.165, 1.54) is 5.71 Å². The van der Waals surface area contributed by atoms with Crippen molar-refractivity contribution in [2.45, 2.75) is 77.2 Å². The lowest BCUT2D eigenvalue weighted by atomic mass is 9.43. The smallest absolute Gasteiger partial charge is 0.331 e. The first kappa shape index (κ1) is 21.4. The molecule has 4 saturated carbocycles. The third kappa shape index (κ3) is 3.10. The second-order valence-electron chi connectivity index (χ2n) is 11.1. The van der Waals surface area contributed by atoms with Crippen molar-refractivity contribution in [1.29, 1.82) is 0 Å². The van der Waals surface area contributed by atoms with Crippen LogP contribution < -0.4 is 11.2 Å². The van der Waals surface area contributed by atoms with Gasteiger partial charge in [-0.1, -0.05) is 13.8 Å². The standard InChI is InChI=1S/C24H35N3O3S/c1-22-8-5-16(26-27-21(25)31)12-15(22)3-4-19-18(22)6-9-23(2)17(7-10-24(19,23)29)14-11-20(28)30-13-14/h11,15,17-19,29H,3-10,12-13H2,1-2H3,(H3,25,27,31)/b26-16+/t15-,17+,18-,19+,22-,23+,24-/m0/s1. The quantitative estimate of drug-likeness (QED) is 0.342. The first-order valence-corrected chi connectivity index (χ1v) is 12.3. The Morgan fingerprint density at radius 2 is 2.03 bits per heavy atom. The summed E-state index contributed by atoms with van der Waals surface area (Å²) in [6.45, 7) is 5.16. The van der Waals surface area contributed by atoms with Gasteiger partial charge >= 0.3 is 5.97 Å². The highest BCUT2D eigenvalue weighted by atomic mass is 32.1. The van der Waals surface area contributed by atoms with E-state index >= 15 is 0 Å². The van der Waals surface area contributed by atoms with Crippen molar-refractivity contribution in [2.24, 2.45) is 45.3 Å². The van der Waals surface area contributed by atoms with Gasteiger partial charge in [-0.25, -0.2) is 4.79 Å². The Bertz CT molecular complexity index is 872. The van der Waals surface area contributed by atoms with Crippen LogP contribution in [0.25, 0.3) is 0 Å². The minimum Gasteiger partial charge on any atom is -0.458 e. The van der Waals surface area contributed by atoms with Crippen molar-refractivity contribution in [2.75, 3.05) is 6.61 Å². The highest BCUT2D eigenvalue weighted by Crippen LogP contribution is 2.69. The molecule has 1 heterocycles. The predicted molar refractivity (Wildman–Crippen MR) is 123 cm³/mol. The lowest BCUT2D eigenvalue weighted by Gasteiger charge is -2.63. The Kier molecular flexibility index (Phi) is 5.02. The van der Waals surface area contributed by atoms with Gasteiger partial charge in [-0.15, -0.1) is 0 Å². The van der Waals surface area contributed by atoms with E-state index in [-0.39, 0.29) is 27.8 Å². The zero-order chi connectivity index (χ0) is 22.0. The average Bonchev–Trinajstić information content (AvgIpc) is 3.26. The molecule has 0 unspecified atom stereocenters. The summed E-state index contributed by atoms with van der Waals surface area (Å²) in [5.74, 6) is 1.52. The van der Waals surface area contributed by atoms with Gasteiger partial charge in [0.05, 0.1) is 5.60 Å². The van der Waals surface area contributed by atoms with Crippen LogP contribution in [0.4, 0.5) is 0 Å². The number of aliphatic hydroxyl groups is 1. The van der Waals surface area contributed by atoms with Crippen LogP contribution >= 0.6 is 12.2 Å². The topological polar surface area (TPSA) is 96.9 Å². The molecule has 170 valence electrons. The molecule has 0 amide bonds. The number of cyclic esters (lactones) is 1. The lowest BCUT2D eigenvalue weighted by molar-refractivity contribution is -0.200. The molecule has 1 aliphatic heterocycles. The second kappa shape index (κ2) is 7.27. The van der Waals surface area contributed by atoms with Gasteiger partial charge in [0.15, 0.2) is 5.11 Å². The third-order valence-corrected chi connectivity index (χ3v) is 10.2. The van der Waals surface area contributed by atoms with Crippen LogP contribution in [-0.2, 0) is 9.53 Å². The number of esters is 1. The molecule has 0 aromatic heterocycles. The summed E-state index contributed by atoms with van der Waals surface area (Å²) >= 11 is 4.90. The van der Waals surface area contributed by atoms with Crippen molar-refractivity contribution in [3.63, 3.8) is 0 Å². The maximum absolute atomic E-state index is 12.2. The molecule has 7 atom stereocenters. The van der Waals surface area contributed by atoms with Crippen LogP contribution in [0.1, 0.15) is 71.6 Å². The predicted octanol–water partition coefficient (Wildman–Crippen LogP) is 3.43. The van der Waals surface area contributed by atoms with Crippen LogP contribution in [0.2, 0.25) is 0 Å². The van der Waals surface area contributed by atoms with Gasteiger partial charge in [0, 0.05) is 17.2 Å². The van der Waals surface area contributed by atoms with Crippen LogP contribution in [-0.4, -0.2) is 34.1 Å². The fourth-order valence-corrected chi connectivity index (χ4v) is 8.49. The van der Waals surface area contributed by atoms with Crippen molar-refractivity contribution in [3.8, 4) is 0 Å². The molecule has 0 aromatic carbocycles. The molecule has 31 heavy (non-hydrogen) atoms. The van der Waals surface area contributed by atoms with Crippen LogP contribution in [0, 0.1) is 34.5 Å². The van der Waals surface area contributed by atoms with E-state index in [4.69, 9.17) is 22.7 Å². The number of carbonyl (C=O) groups excluding carboxylic acids is 1. The molecular formula is C24H35N3O3S. The van der Waals surface area contributed by atoms with E-state index in [1.54, 1.807) is 6.08 Å². The normalized spacial score (nSPS) is 47.8. The van der Waals surface area contributed by atoms with Gasteiger partial charge in [-0.05, 0) is 105 Å². The SMILES string of the molecule is C[C@]12CC/C(=N\NC(N)=S)C[C@@H]1CC[C@@H]1[C@@H]2CC[C@]2(C)[C@@H](C3=CC(=O)OC3)CC[C@]12O. The maximum atomic E-state index is 12.2. The minimum absolute atomic E-state index is 0.167. The Balaban J connectivity index is 1.39. The van der Waals surface area contributed by atoms with Crippen LogP contribution in [0.3, 0.4) is 0 Å². The summed E-state index contributed by atoms with van der Waals surface area (Å²) in [5.41, 5.74) is 10.0. The number of rotatable bonds is 2. The highest BCUT2D eigenvalue weighted by molar-refractivity contribution is 7.80. The number of ether oxygens (including phenoxy) is 1. The number of nitrogens with one attached hydrogen (secondary N) is 1. The number of thiocarbonyl (C=S) groups is 1. The summed E-state index contributed by atoms with van der Waals surface area (Å²) in [5, 5.41) is 16.9. The fraction of sp³-hybridized carbons (Fsp3) is 0.792. The molecule has 0 bridgehead atoms. The number of hydrogen-bond donors (Lipinski definition) is 3. The van der Waals surface area contributed by atoms with Gasteiger partial charge in [0.2, 0.25) is 0 Å². The van der Waals surface area contributed by atoms with Crippen LogP contribution in [0.15, 0.2) is 16.8 Å². The molecule has 5 rings (SSSR count). The van der Waals surface area contributed by atoms with E-state index in [1.807, 2.05) is 0 Å². The Labute approximate surface area is 190 Å². The second-order valence-corrected chi connectivity index (χ2v) is 11.6. The molecule has 0 aromatic rings. The van der Waals surface area contributed by atoms with Crippen molar-refractivity contribution >= 4 is 29.0 Å². The highest BCUT2D eigenvalue weighted by Gasteiger charge is 2.67. The number of nitrogens with zero attached hydrogens (tertiary/aromatic N) is 1.